The molecule has 320 valence electrons. The topological polar surface area (TPSA) is 144 Å². The van der Waals surface area contributed by atoms with Gasteiger partial charge in [0.15, 0.2) is 0 Å². The largest absolute Gasteiger partial charge is 0.469 e. The number of amides is 1. The van der Waals surface area contributed by atoms with E-state index in [1.807, 2.05) is 111 Å². The van der Waals surface area contributed by atoms with Crippen LogP contribution in [0.5, 0.6) is 0 Å². The van der Waals surface area contributed by atoms with E-state index in [9.17, 15) is 22.8 Å². The molecule has 0 aliphatic carbocycles. The van der Waals surface area contributed by atoms with Crippen molar-refractivity contribution >= 4 is 72.3 Å². The molecule has 1 amide bonds. The van der Waals surface area contributed by atoms with Gasteiger partial charge in [-0.1, -0.05) is 78.6 Å². The normalized spacial score (nSPS) is 12.0. The molecule has 0 saturated heterocycles. The number of aryl methyl sites for hydroxylation is 1. The van der Waals surface area contributed by atoms with Gasteiger partial charge in [0, 0.05) is 45.0 Å². The van der Waals surface area contributed by atoms with E-state index in [1.54, 1.807) is 37.3 Å². The van der Waals surface area contributed by atoms with Crippen LogP contribution in [0, 0.1) is 31.6 Å². The van der Waals surface area contributed by atoms with E-state index >= 15 is 0 Å². The lowest BCUT2D eigenvalue weighted by atomic mass is 10.0. The van der Waals surface area contributed by atoms with Crippen molar-refractivity contribution in [1.29, 1.82) is 0 Å². The quantitative estimate of drug-likeness (QED) is 0.0632. The third-order valence-electron chi connectivity index (χ3n) is 9.65. The zero-order valence-corrected chi connectivity index (χ0v) is 36.8. The molecule has 0 aliphatic rings. The molecule has 12 nitrogen and oxygen atoms in total. The van der Waals surface area contributed by atoms with Crippen molar-refractivity contribution in [1.82, 2.24) is 0 Å². The van der Waals surface area contributed by atoms with Gasteiger partial charge in [-0.25, -0.2) is 13.2 Å². The molecule has 0 aliphatic heterocycles. The van der Waals surface area contributed by atoms with E-state index in [2.05, 4.69) is 21.9 Å². The summed E-state index contributed by atoms with van der Waals surface area (Å²) < 4.78 is 43.8. The molecule has 0 unspecified atom stereocenters. The second kappa shape index (κ2) is 21.0. The molecule has 13 heteroatoms. The van der Waals surface area contributed by atoms with Crippen molar-refractivity contribution in [3.05, 3.63) is 103 Å². The lowest BCUT2D eigenvalue weighted by Gasteiger charge is -2.30. The number of methoxy groups -OCH3 is 2. The SMILES string of the molecule is C#CCN(c1ccc(NC(=O)OC(C)(C)C)c2ccccc12)[C@@H](C)CC(=O)OC.C#CCN(c1ccc(NS(=O)(=O)c2ccccc2C)c2ccccc12)[C@@H](C)CC(=O)OC. The fourth-order valence-electron chi connectivity index (χ4n) is 6.76. The van der Waals surface area contributed by atoms with E-state index in [4.69, 9.17) is 27.1 Å². The molecule has 0 spiro atoms. The Hall–Kier alpha value is -6.70. The average molecular weight is 847 g/mol. The Kier molecular flexibility index (Phi) is 16.2. The van der Waals surface area contributed by atoms with Crippen LogP contribution in [-0.2, 0) is 33.8 Å². The van der Waals surface area contributed by atoms with Crippen LogP contribution in [0.25, 0.3) is 21.5 Å². The summed E-state index contributed by atoms with van der Waals surface area (Å²) in [6.45, 7) is 11.7. The van der Waals surface area contributed by atoms with Crippen molar-refractivity contribution in [3.8, 4) is 24.7 Å². The summed E-state index contributed by atoms with van der Waals surface area (Å²) in [6.07, 6.45) is 11.1. The summed E-state index contributed by atoms with van der Waals surface area (Å²) in [5, 5.41) is 6.13. The Labute approximate surface area is 359 Å². The number of ether oxygens (including phenoxy) is 3. The Morgan fingerprint density at radius 2 is 1.10 bits per heavy atom. The van der Waals surface area contributed by atoms with E-state index < -0.39 is 21.7 Å². The maximum absolute atomic E-state index is 13.1. The molecule has 0 aromatic heterocycles. The first-order chi connectivity index (χ1) is 28.9. The molecule has 2 atom stereocenters. The Morgan fingerprint density at radius 3 is 1.54 bits per heavy atom. The van der Waals surface area contributed by atoms with E-state index in [0.29, 0.717) is 23.5 Å². The second-order valence-electron chi connectivity index (χ2n) is 15.3. The number of nitrogens with zero attached hydrogens (tertiary/aromatic N) is 2. The van der Waals surface area contributed by atoms with Crippen LogP contribution in [-0.4, -0.2) is 71.4 Å². The number of hydrogen-bond acceptors (Lipinski definition) is 10. The van der Waals surface area contributed by atoms with Gasteiger partial charge < -0.3 is 24.0 Å². The number of sulfonamides is 1. The van der Waals surface area contributed by atoms with Gasteiger partial charge in [0.05, 0.1) is 56.4 Å². The number of carbonyl (C=O) groups excluding carboxylic acids is 3. The predicted molar refractivity (Wildman–Crippen MR) is 244 cm³/mol. The number of benzene rings is 5. The van der Waals surface area contributed by atoms with Gasteiger partial charge in [-0.15, -0.1) is 12.8 Å². The minimum absolute atomic E-state index is 0.161. The van der Waals surface area contributed by atoms with Crippen LogP contribution in [0.2, 0.25) is 0 Å². The lowest BCUT2D eigenvalue weighted by molar-refractivity contribution is -0.141. The summed E-state index contributed by atoms with van der Waals surface area (Å²) in [7, 11) is -1.05. The van der Waals surface area contributed by atoms with Crippen LogP contribution >= 0.6 is 0 Å². The molecule has 5 aromatic rings. The minimum Gasteiger partial charge on any atom is -0.469 e. The smallest absolute Gasteiger partial charge is 0.412 e. The van der Waals surface area contributed by atoms with Crippen LogP contribution in [0.1, 0.15) is 53.0 Å². The average Bonchev–Trinajstić information content (AvgIpc) is 3.22. The van der Waals surface area contributed by atoms with Crippen molar-refractivity contribution in [2.45, 2.75) is 77.0 Å². The Balaban J connectivity index is 0.000000270. The number of terminal acetylenes is 2. The first kappa shape index (κ1) is 47.0. The highest BCUT2D eigenvalue weighted by molar-refractivity contribution is 7.92. The van der Waals surface area contributed by atoms with Gasteiger partial charge >= 0.3 is 18.0 Å². The number of carbonyl (C=O) groups is 3. The van der Waals surface area contributed by atoms with Crippen molar-refractivity contribution in [2.75, 3.05) is 47.1 Å². The lowest BCUT2D eigenvalue weighted by Crippen LogP contribution is -2.35. The van der Waals surface area contributed by atoms with Gasteiger partial charge in [-0.3, -0.25) is 19.6 Å². The monoisotopic (exact) mass is 846 g/mol. The number of nitrogens with one attached hydrogen (secondary N) is 2. The number of anilines is 4. The molecule has 61 heavy (non-hydrogen) atoms. The number of fused-ring (bicyclic) bond motifs is 2. The summed E-state index contributed by atoms with van der Waals surface area (Å²) >= 11 is 0. The molecular weight excluding hydrogens is 793 g/mol. The van der Waals surface area contributed by atoms with Gasteiger partial charge in [-0.05, 0) is 77.4 Å². The standard InChI is InChI=1S/C25H26N2O4S.C23H28N2O4/c1-5-16-27(19(3)17-25(28)31-4)23-15-14-22(20-11-7-8-12-21(20)23)26-32(29,30)24-13-9-6-10-18(24)2;1-7-14-25(16(2)15-21(26)28-6)20-13-12-19(17-10-8-9-11-18(17)20)24-22(27)29-23(3,4)5/h1,6-15,19,26H,16-17H2,2-4H3;1,8-13,16H,14-15H2,2-6H3,(H,24,27)/t19-;16-/m00/s1. The Morgan fingerprint density at radius 1 is 0.672 bits per heavy atom. The maximum atomic E-state index is 13.1. The highest BCUT2D eigenvalue weighted by atomic mass is 32.2. The molecule has 5 rings (SSSR count). The maximum Gasteiger partial charge on any atom is 0.412 e. The third kappa shape index (κ3) is 12.4. The Bertz CT molecular complexity index is 2550. The van der Waals surface area contributed by atoms with Crippen LogP contribution < -0.4 is 19.8 Å². The third-order valence-corrected chi connectivity index (χ3v) is 11.2. The molecule has 5 aromatic carbocycles. The number of rotatable bonds is 14. The van der Waals surface area contributed by atoms with Crippen molar-refractivity contribution in [2.24, 2.45) is 0 Å². The molecule has 0 heterocycles. The van der Waals surface area contributed by atoms with Gasteiger partial charge in [0.2, 0.25) is 0 Å². The minimum atomic E-state index is -3.77. The van der Waals surface area contributed by atoms with Crippen LogP contribution in [0.3, 0.4) is 0 Å². The first-order valence-electron chi connectivity index (χ1n) is 19.6. The van der Waals surface area contributed by atoms with Gasteiger partial charge in [0.25, 0.3) is 10.0 Å². The van der Waals surface area contributed by atoms with Crippen LogP contribution in [0.4, 0.5) is 27.5 Å². The molecule has 2 N–H and O–H groups in total. The van der Waals surface area contributed by atoms with E-state index in [0.717, 1.165) is 32.9 Å². The molecule has 0 bridgehead atoms. The molecule has 0 radical (unpaired) electrons. The van der Waals surface area contributed by atoms with Gasteiger partial charge in [0.1, 0.15) is 5.60 Å². The zero-order chi connectivity index (χ0) is 44.9. The zero-order valence-electron chi connectivity index (χ0n) is 35.9. The fourth-order valence-corrected chi connectivity index (χ4v) is 8.09. The summed E-state index contributed by atoms with van der Waals surface area (Å²) in [6, 6.07) is 28.9. The highest BCUT2D eigenvalue weighted by Gasteiger charge is 2.24. The summed E-state index contributed by atoms with van der Waals surface area (Å²) in [4.78, 5) is 40.0. The number of esters is 2. The summed E-state index contributed by atoms with van der Waals surface area (Å²) in [5.74, 6) is 4.68. The predicted octanol–water partition coefficient (Wildman–Crippen LogP) is 8.92. The summed E-state index contributed by atoms with van der Waals surface area (Å²) in [5.41, 5.74) is 2.87. The first-order valence-corrected chi connectivity index (χ1v) is 21.1. The molecular formula is C48H54N4O8S. The van der Waals surface area contributed by atoms with Crippen LogP contribution in [0.15, 0.2) is 102 Å². The second-order valence-corrected chi connectivity index (χ2v) is 16.9. The number of hydrogen-bond donors (Lipinski definition) is 2. The van der Waals surface area contributed by atoms with E-state index in [1.165, 1.54) is 14.2 Å². The molecule has 0 saturated carbocycles. The van der Waals surface area contributed by atoms with Crippen molar-refractivity contribution in [3.63, 3.8) is 0 Å². The van der Waals surface area contributed by atoms with E-state index in [-0.39, 0.29) is 48.3 Å². The fraction of sp³-hybridized carbons (Fsp3) is 0.312. The van der Waals surface area contributed by atoms with Gasteiger partial charge in [-0.2, -0.15) is 0 Å². The highest BCUT2D eigenvalue weighted by Crippen LogP contribution is 2.36. The van der Waals surface area contributed by atoms with Crippen molar-refractivity contribution < 1.29 is 37.0 Å². The molecule has 0 fully saturated rings.